The molecule has 0 aromatic heterocycles. The van der Waals surface area contributed by atoms with E-state index in [0.717, 1.165) is 0 Å². The molecule has 0 radical (unpaired) electrons. The van der Waals surface area contributed by atoms with Gasteiger partial charge in [-0.3, -0.25) is 9.59 Å². The van der Waals surface area contributed by atoms with E-state index >= 15 is 4.39 Å². The van der Waals surface area contributed by atoms with Gasteiger partial charge in [0.2, 0.25) is 0 Å². The first-order valence-electron chi connectivity index (χ1n) is 13.7. The molecule has 39 heavy (non-hydrogen) atoms. The van der Waals surface area contributed by atoms with Crippen LogP contribution in [-0.4, -0.2) is 103 Å². The number of Topliss-reactive ketones (excluding diaryl/α,β-unsaturated/α-hetero) is 1. The number of rotatable bonds is 5. The number of ketones is 2. The number of carbonyl (C=O) groups is 2. The van der Waals surface area contributed by atoms with E-state index in [9.17, 15) is 40.2 Å². The smallest absolute Gasteiger partial charge is 0.190 e. The van der Waals surface area contributed by atoms with Gasteiger partial charge in [0.05, 0.1) is 12.7 Å². The lowest BCUT2D eigenvalue weighted by molar-refractivity contribution is -0.341. The summed E-state index contributed by atoms with van der Waals surface area (Å²) in [6.07, 6.45) is -4.53. The van der Waals surface area contributed by atoms with Crippen LogP contribution in [0.5, 0.6) is 0 Å². The van der Waals surface area contributed by atoms with Crippen LogP contribution in [0.2, 0.25) is 0 Å². The second-order valence-corrected chi connectivity index (χ2v) is 12.5. The van der Waals surface area contributed by atoms with Gasteiger partial charge in [0.15, 0.2) is 23.5 Å². The maximum absolute atomic E-state index is 17.5. The molecule has 0 spiro atoms. The minimum absolute atomic E-state index is 0.219. The minimum atomic E-state index is -2.14. The predicted octanol–water partition coefficient (Wildman–Crippen LogP) is -0.280. The lowest BCUT2D eigenvalue weighted by Crippen LogP contribution is -2.71. The fourth-order valence-corrected chi connectivity index (χ4v) is 8.91. The van der Waals surface area contributed by atoms with E-state index in [-0.39, 0.29) is 12.2 Å². The predicted molar refractivity (Wildman–Crippen MR) is 133 cm³/mol. The van der Waals surface area contributed by atoms with Crippen LogP contribution in [0.3, 0.4) is 0 Å². The van der Waals surface area contributed by atoms with E-state index in [0.29, 0.717) is 24.8 Å². The Morgan fingerprint density at radius 3 is 2.46 bits per heavy atom. The molecule has 11 heteroatoms. The first-order chi connectivity index (χ1) is 18.2. The molecule has 0 aromatic carbocycles. The summed E-state index contributed by atoms with van der Waals surface area (Å²) in [6.45, 7) is 3.50. The Kier molecular flexibility index (Phi) is 7.04. The summed E-state index contributed by atoms with van der Waals surface area (Å²) in [6, 6.07) is 0. The normalized spacial score (nSPS) is 53.0. The zero-order valence-corrected chi connectivity index (χ0v) is 22.4. The molecule has 1 unspecified atom stereocenters. The summed E-state index contributed by atoms with van der Waals surface area (Å²) in [5.41, 5.74) is -5.82. The van der Waals surface area contributed by atoms with Crippen molar-refractivity contribution in [3.8, 4) is 0 Å². The summed E-state index contributed by atoms with van der Waals surface area (Å²) >= 11 is 0. The van der Waals surface area contributed by atoms with Crippen LogP contribution in [0.15, 0.2) is 23.8 Å². The summed E-state index contributed by atoms with van der Waals surface area (Å²) in [5.74, 6) is -2.80. The molecule has 10 nitrogen and oxygen atoms in total. The third kappa shape index (κ3) is 3.61. The van der Waals surface area contributed by atoms with E-state index in [1.807, 2.05) is 0 Å². The standard InChI is InChI=1S/C28H39FO10/c1-13-8-17-16-5-4-14-9-15(32)6-7-25(14,2)27(16,29)19(33)10-26(17,3)28(13,20(34)12-31)39-24-23(37)22(36)21(35)18(11-30)38-24/h6-7,9,13,16-19,21-24,30-31,33,35-37H,4-5,8,10-12H2,1-3H3/t13-,16+,17+,18-,19+,21+,22+,23-,24?,25+,26+,27+,28+/m1/s1. The SMILES string of the molecule is C[C@@H]1C[C@H]2[C@@H]3CCC4=CC(=O)C=C[C@]4(C)[C@@]3(F)[C@@H](O)C[C@]2(C)[C@@]1(OC1O[C@H](CO)[C@H](O)[C@H](O)[C@H]1O)C(=O)CO. The average Bonchev–Trinajstić information content (AvgIpc) is 3.11. The van der Waals surface area contributed by atoms with Gasteiger partial charge in [-0.25, -0.2) is 4.39 Å². The molecular formula is C28H39FO10. The maximum Gasteiger partial charge on any atom is 0.190 e. The van der Waals surface area contributed by atoms with E-state index in [4.69, 9.17) is 9.47 Å². The Labute approximate surface area is 226 Å². The molecule has 1 heterocycles. The third-order valence-corrected chi connectivity index (χ3v) is 10.9. The van der Waals surface area contributed by atoms with Crippen molar-refractivity contribution in [2.75, 3.05) is 13.2 Å². The van der Waals surface area contributed by atoms with Crippen LogP contribution in [0, 0.1) is 28.6 Å². The summed E-state index contributed by atoms with van der Waals surface area (Å²) in [7, 11) is 0. The van der Waals surface area contributed by atoms with Crippen LogP contribution in [-0.2, 0) is 19.1 Å². The fourth-order valence-electron chi connectivity index (χ4n) is 8.91. The average molecular weight is 555 g/mol. The number of allylic oxidation sites excluding steroid dienone is 4. The van der Waals surface area contributed by atoms with Gasteiger partial charge in [0.1, 0.15) is 36.6 Å². The number of aliphatic hydroxyl groups excluding tert-OH is 6. The van der Waals surface area contributed by atoms with Gasteiger partial charge in [-0.2, -0.15) is 0 Å². The minimum Gasteiger partial charge on any atom is -0.394 e. The molecule has 4 aliphatic carbocycles. The molecule has 5 aliphatic rings. The van der Waals surface area contributed by atoms with Gasteiger partial charge in [0, 0.05) is 16.7 Å². The largest absolute Gasteiger partial charge is 0.394 e. The first kappa shape index (κ1) is 28.9. The van der Waals surface area contributed by atoms with Gasteiger partial charge < -0.3 is 40.1 Å². The first-order valence-corrected chi connectivity index (χ1v) is 13.7. The van der Waals surface area contributed by atoms with Crippen molar-refractivity contribution in [1.82, 2.24) is 0 Å². The van der Waals surface area contributed by atoms with Crippen molar-refractivity contribution in [2.45, 2.75) is 94.5 Å². The molecule has 218 valence electrons. The number of hydrogen-bond acceptors (Lipinski definition) is 10. The fraction of sp³-hybridized carbons (Fsp3) is 0.786. The van der Waals surface area contributed by atoms with Gasteiger partial charge >= 0.3 is 0 Å². The van der Waals surface area contributed by atoms with Crippen molar-refractivity contribution < 1.29 is 54.1 Å². The Morgan fingerprint density at radius 1 is 1.13 bits per heavy atom. The molecule has 3 saturated carbocycles. The molecule has 1 saturated heterocycles. The summed E-state index contributed by atoms with van der Waals surface area (Å²) in [5, 5.41) is 62.6. The highest BCUT2D eigenvalue weighted by Crippen LogP contribution is 2.71. The molecular weight excluding hydrogens is 515 g/mol. The number of ether oxygens (including phenoxy) is 2. The van der Waals surface area contributed by atoms with Crippen molar-refractivity contribution in [3.05, 3.63) is 23.8 Å². The highest BCUT2D eigenvalue weighted by Gasteiger charge is 2.77. The van der Waals surface area contributed by atoms with Gasteiger partial charge in [-0.05, 0) is 56.6 Å². The van der Waals surface area contributed by atoms with Crippen molar-refractivity contribution in [2.24, 2.45) is 28.6 Å². The molecule has 4 fully saturated rings. The highest BCUT2D eigenvalue weighted by molar-refractivity contribution is 6.01. The second-order valence-electron chi connectivity index (χ2n) is 12.5. The Bertz CT molecular complexity index is 1090. The van der Waals surface area contributed by atoms with Crippen LogP contribution in [0.4, 0.5) is 4.39 Å². The number of alkyl halides is 1. The summed E-state index contributed by atoms with van der Waals surface area (Å²) in [4.78, 5) is 25.7. The van der Waals surface area contributed by atoms with E-state index in [1.165, 1.54) is 18.2 Å². The van der Waals surface area contributed by atoms with Gasteiger partial charge in [-0.15, -0.1) is 0 Å². The quantitative estimate of drug-likeness (QED) is 0.265. The van der Waals surface area contributed by atoms with Crippen LogP contribution < -0.4 is 0 Å². The third-order valence-electron chi connectivity index (χ3n) is 10.9. The van der Waals surface area contributed by atoms with Crippen molar-refractivity contribution in [1.29, 1.82) is 0 Å². The highest BCUT2D eigenvalue weighted by atomic mass is 19.1. The number of aliphatic hydroxyl groups is 6. The molecule has 0 aromatic rings. The molecule has 0 bridgehead atoms. The zero-order chi connectivity index (χ0) is 28.7. The van der Waals surface area contributed by atoms with Crippen molar-refractivity contribution >= 4 is 11.6 Å². The maximum atomic E-state index is 17.5. The molecule has 6 N–H and O–H groups in total. The van der Waals surface area contributed by atoms with Crippen LogP contribution >= 0.6 is 0 Å². The number of hydrogen-bond donors (Lipinski definition) is 6. The monoisotopic (exact) mass is 554 g/mol. The Balaban J connectivity index is 1.58. The zero-order valence-electron chi connectivity index (χ0n) is 22.4. The lowest BCUT2D eigenvalue weighted by atomic mass is 9.44. The summed E-state index contributed by atoms with van der Waals surface area (Å²) < 4.78 is 29.3. The van der Waals surface area contributed by atoms with Crippen LogP contribution in [0.1, 0.15) is 46.5 Å². The van der Waals surface area contributed by atoms with Gasteiger partial charge in [0.25, 0.3) is 0 Å². The molecule has 1 aliphatic heterocycles. The number of fused-ring (bicyclic) bond motifs is 5. The lowest BCUT2D eigenvalue weighted by Gasteiger charge is -2.63. The van der Waals surface area contributed by atoms with E-state index in [2.05, 4.69) is 0 Å². The topological polar surface area (TPSA) is 174 Å². The van der Waals surface area contributed by atoms with E-state index in [1.54, 1.807) is 20.8 Å². The van der Waals surface area contributed by atoms with Crippen LogP contribution in [0.25, 0.3) is 0 Å². The second kappa shape index (κ2) is 9.49. The Morgan fingerprint density at radius 2 is 1.82 bits per heavy atom. The molecule has 5 rings (SSSR count). The number of carbonyl (C=O) groups excluding carboxylic acids is 2. The van der Waals surface area contributed by atoms with Crippen molar-refractivity contribution in [3.63, 3.8) is 0 Å². The van der Waals surface area contributed by atoms with Gasteiger partial charge in [-0.1, -0.05) is 25.5 Å². The number of halogens is 1. The molecule has 13 atom stereocenters. The Hall–Kier alpha value is -1.57. The van der Waals surface area contributed by atoms with E-state index < -0.39 is 95.7 Å². The molecule has 0 amide bonds.